The van der Waals surface area contributed by atoms with Gasteiger partial charge in [-0.25, -0.2) is 4.79 Å². The van der Waals surface area contributed by atoms with Crippen molar-refractivity contribution in [3.63, 3.8) is 0 Å². The normalized spacial score (nSPS) is 16.9. The highest BCUT2D eigenvalue weighted by molar-refractivity contribution is 5.89. The lowest BCUT2D eigenvalue weighted by molar-refractivity contribution is -0.151. The summed E-state index contributed by atoms with van der Waals surface area (Å²) >= 11 is 0. The minimum atomic E-state index is -0.397. The van der Waals surface area contributed by atoms with E-state index < -0.39 is 5.97 Å². The Hall–Kier alpha value is -3.02. The summed E-state index contributed by atoms with van der Waals surface area (Å²) in [4.78, 5) is 25.2. The Morgan fingerprint density at radius 1 is 1.16 bits per heavy atom. The molecule has 0 aliphatic carbocycles. The molecule has 1 atom stereocenters. The van der Waals surface area contributed by atoms with Crippen LogP contribution in [0, 0.1) is 0 Å². The zero-order chi connectivity index (χ0) is 17.6. The number of carbonyl (C=O) groups excluding carboxylic acids is 2. The predicted molar refractivity (Wildman–Crippen MR) is 91.8 cm³/mol. The smallest absolute Gasteiger partial charge is 0.337 e. The van der Waals surface area contributed by atoms with E-state index in [1.54, 1.807) is 24.3 Å². The number of esters is 2. The van der Waals surface area contributed by atoms with Crippen LogP contribution < -0.4 is 9.64 Å². The maximum Gasteiger partial charge on any atom is 0.337 e. The Bertz CT molecular complexity index is 729. The third-order valence-electron chi connectivity index (χ3n) is 3.87. The first-order valence-corrected chi connectivity index (χ1v) is 7.96. The van der Waals surface area contributed by atoms with E-state index in [1.807, 2.05) is 35.2 Å². The van der Waals surface area contributed by atoms with E-state index in [9.17, 15) is 9.59 Å². The molecule has 1 unspecified atom stereocenters. The van der Waals surface area contributed by atoms with Crippen LogP contribution in [-0.2, 0) is 14.3 Å². The van der Waals surface area contributed by atoms with Crippen LogP contribution in [0.4, 0.5) is 5.69 Å². The minimum Gasteiger partial charge on any atom is -0.490 e. The largest absolute Gasteiger partial charge is 0.490 e. The van der Waals surface area contributed by atoms with Crippen molar-refractivity contribution in [3.05, 3.63) is 60.2 Å². The molecule has 0 saturated carbocycles. The van der Waals surface area contributed by atoms with Gasteiger partial charge in [0.2, 0.25) is 0 Å². The monoisotopic (exact) mass is 341 g/mol. The fourth-order valence-electron chi connectivity index (χ4n) is 2.64. The lowest BCUT2D eigenvalue weighted by Crippen LogP contribution is -2.47. The molecule has 1 aliphatic rings. The van der Waals surface area contributed by atoms with Gasteiger partial charge in [-0.1, -0.05) is 18.2 Å². The van der Waals surface area contributed by atoms with Gasteiger partial charge in [-0.15, -0.1) is 0 Å². The summed E-state index contributed by atoms with van der Waals surface area (Å²) < 4.78 is 15.7. The van der Waals surface area contributed by atoms with Crippen LogP contribution in [0.1, 0.15) is 10.4 Å². The van der Waals surface area contributed by atoms with Crippen molar-refractivity contribution in [3.8, 4) is 5.75 Å². The molecule has 6 heteroatoms. The molecule has 6 nitrogen and oxygen atoms in total. The zero-order valence-corrected chi connectivity index (χ0v) is 13.9. The van der Waals surface area contributed by atoms with Crippen molar-refractivity contribution in [1.29, 1.82) is 0 Å². The molecule has 0 aromatic heterocycles. The van der Waals surface area contributed by atoms with Gasteiger partial charge in [-0.3, -0.25) is 4.79 Å². The molecule has 1 heterocycles. The van der Waals surface area contributed by atoms with Crippen molar-refractivity contribution in [2.24, 2.45) is 0 Å². The Morgan fingerprint density at radius 2 is 1.88 bits per heavy atom. The predicted octanol–water partition coefficient (Wildman–Crippen LogP) is 2.28. The molecule has 1 aliphatic heterocycles. The van der Waals surface area contributed by atoms with Crippen LogP contribution in [0.25, 0.3) is 0 Å². The summed E-state index contributed by atoms with van der Waals surface area (Å²) in [5, 5.41) is 0. The summed E-state index contributed by atoms with van der Waals surface area (Å²) in [6.07, 6.45) is -0.360. The van der Waals surface area contributed by atoms with Gasteiger partial charge in [0.15, 0.2) is 6.10 Å². The van der Waals surface area contributed by atoms with E-state index in [0.29, 0.717) is 17.9 Å². The Kier molecular flexibility index (Phi) is 5.18. The van der Waals surface area contributed by atoms with Crippen LogP contribution in [0.5, 0.6) is 5.75 Å². The fraction of sp³-hybridized carbons (Fsp3) is 0.263. The van der Waals surface area contributed by atoms with Gasteiger partial charge in [0.25, 0.3) is 0 Å². The van der Waals surface area contributed by atoms with Crippen LogP contribution in [0.15, 0.2) is 54.6 Å². The molecule has 0 amide bonds. The van der Waals surface area contributed by atoms with E-state index in [2.05, 4.69) is 4.74 Å². The van der Waals surface area contributed by atoms with Gasteiger partial charge in [-0.2, -0.15) is 0 Å². The first-order chi connectivity index (χ1) is 12.2. The van der Waals surface area contributed by atoms with Crippen LogP contribution >= 0.6 is 0 Å². The van der Waals surface area contributed by atoms with Gasteiger partial charge in [0.05, 0.1) is 19.2 Å². The number of para-hydroxylation sites is 1. The van der Waals surface area contributed by atoms with Gasteiger partial charge >= 0.3 is 11.9 Å². The highest BCUT2D eigenvalue weighted by Gasteiger charge is 2.27. The number of anilines is 1. The third kappa shape index (κ3) is 4.29. The molecule has 0 radical (unpaired) electrons. The number of benzene rings is 2. The lowest BCUT2D eigenvalue weighted by atomic mass is 10.2. The van der Waals surface area contributed by atoms with Crippen molar-refractivity contribution < 1.29 is 23.8 Å². The molecule has 0 bridgehead atoms. The number of nitrogens with zero attached hydrogens (tertiary/aromatic N) is 1. The first-order valence-electron chi connectivity index (χ1n) is 7.96. The Balaban J connectivity index is 1.59. The molecule has 0 N–H and O–H groups in total. The third-order valence-corrected chi connectivity index (χ3v) is 3.87. The zero-order valence-electron chi connectivity index (χ0n) is 13.9. The summed E-state index contributed by atoms with van der Waals surface area (Å²) in [6, 6.07) is 16.4. The summed E-state index contributed by atoms with van der Waals surface area (Å²) in [7, 11) is 1.34. The van der Waals surface area contributed by atoms with Gasteiger partial charge in [0.1, 0.15) is 18.9 Å². The molecule has 25 heavy (non-hydrogen) atoms. The van der Waals surface area contributed by atoms with E-state index in [0.717, 1.165) is 5.69 Å². The molecule has 0 spiro atoms. The van der Waals surface area contributed by atoms with Crippen molar-refractivity contribution >= 4 is 17.6 Å². The minimum absolute atomic E-state index is 0.230. The Labute approximate surface area is 145 Å². The second-order valence-electron chi connectivity index (χ2n) is 5.65. The van der Waals surface area contributed by atoms with Crippen LogP contribution in [0.3, 0.4) is 0 Å². The first kappa shape index (κ1) is 16.8. The van der Waals surface area contributed by atoms with Gasteiger partial charge < -0.3 is 19.1 Å². The van der Waals surface area contributed by atoms with E-state index in [1.165, 1.54) is 7.11 Å². The highest BCUT2D eigenvalue weighted by atomic mass is 16.6. The quantitative estimate of drug-likeness (QED) is 0.778. The SMILES string of the molecule is COC(=O)c1ccc(OCC2CN(c3ccccc3)CC(=O)O2)cc1. The van der Waals surface area contributed by atoms with E-state index in [-0.39, 0.29) is 25.2 Å². The maximum absolute atomic E-state index is 11.9. The number of carbonyl (C=O) groups is 2. The number of methoxy groups -OCH3 is 1. The van der Waals surface area contributed by atoms with Crippen molar-refractivity contribution in [2.45, 2.75) is 6.10 Å². The second-order valence-corrected chi connectivity index (χ2v) is 5.65. The molecule has 1 fully saturated rings. The molecular formula is C19H19NO5. The molecular weight excluding hydrogens is 322 g/mol. The van der Waals surface area contributed by atoms with Crippen LogP contribution in [-0.4, -0.2) is 44.8 Å². The van der Waals surface area contributed by atoms with E-state index >= 15 is 0 Å². The molecule has 2 aromatic carbocycles. The number of hydrogen-bond donors (Lipinski definition) is 0. The molecule has 3 rings (SSSR count). The summed E-state index contributed by atoms with van der Waals surface area (Å²) in [5.74, 6) is -0.0726. The average molecular weight is 341 g/mol. The number of cyclic esters (lactones) is 1. The number of ether oxygens (including phenoxy) is 3. The lowest BCUT2D eigenvalue weighted by Gasteiger charge is -2.33. The second kappa shape index (κ2) is 7.70. The van der Waals surface area contributed by atoms with Crippen LogP contribution in [0.2, 0.25) is 0 Å². The van der Waals surface area contributed by atoms with Crippen molar-refractivity contribution in [1.82, 2.24) is 0 Å². The number of rotatable bonds is 5. The van der Waals surface area contributed by atoms with Gasteiger partial charge in [0, 0.05) is 5.69 Å². The molecule has 1 saturated heterocycles. The topological polar surface area (TPSA) is 65.1 Å². The van der Waals surface area contributed by atoms with E-state index in [4.69, 9.17) is 9.47 Å². The summed E-state index contributed by atoms with van der Waals surface area (Å²) in [5.41, 5.74) is 1.43. The number of hydrogen-bond acceptors (Lipinski definition) is 6. The molecule has 130 valence electrons. The average Bonchev–Trinajstić information content (AvgIpc) is 2.66. The highest BCUT2D eigenvalue weighted by Crippen LogP contribution is 2.19. The van der Waals surface area contributed by atoms with Crippen molar-refractivity contribution in [2.75, 3.05) is 31.7 Å². The molecule has 2 aromatic rings. The standard InChI is InChI=1S/C19H19NO5/c1-23-19(22)14-7-9-16(10-8-14)24-13-17-11-20(12-18(21)25-17)15-5-3-2-4-6-15/h2-10,17H,11-13H2,1H3. The number of morpholine rings is 1. The maximum atomic E-state index is 11.9. The van der Waals surface area contributed by atoms with Gasteiger partial charge in [-0.05, 0) is 36.4 Å². The summed E-state index contributed by atoms with van der Waals surface area (Å²) in [6.45, 7) is 1.04. The fourth-order valence-corrected chi connectivity index (χ4v) is 2.64. The Morgan fingerprint density at radius 3 is 2.56 bits per heavy atom.